The highest BCUT2D eigenvalue weighted by atomic mass is 32.1. The summed E-state index contributed by atoms with van der Waals surface area (Å²) < 4.78 is 1.61. The van der Waals surface area contributed by atoms with Gasteiger partial charge in [0.25, 0.3) is 0 Å². The van der Waals surface area contributed by atoms with Crippen LogP contribution in [-0.4, -0.2) is 29.6 Å². The normalized spacial score (nSPS) is 10.4. The van der Waals surface area contributed by atoms with Gasteiger partial charge in [0, 0.05) is 38.1 Å². The number of nitrogens with one attached hydrogen (secondary N) is 1. The number of carbonyl (C=O) groups is 1. The lowest BCUT2D eigenvalue weighted by atomic mass is 10.3. The highest BCUT2D eigenvalue weighted by molar-refractivity contribution is 7.07. The number of aromatic nitrogens is 2. The first-order chi connectivity index (χ1) is 9.97. The number of hydrogen-bond acceptors (Lipinski definition) is 5. The van der Waals surface area contributed by atoms with E-state index < -0.39 is 0 Å². The zero-order valence-electron chi connectivity index (χ0n) is 12.3. The summed E-state index contributed by atoms with van der Waals surface area (Å²) in [6.07, 6.45) is 1.88. The summed E-state index contributed by atoms with van der Waals surface area (Å²) in [5, 5.41) is 4.57. The van der Waals surface area contributed by atoms with Crippen LogP contribution in [-0.2, 0) is 11.3 Å². The smallest absolute Gasteiger partial charge is 0.307 e. The number of rotatable bonds is 5. The Bertz CT molecular complexity index is 673. The van der Waals surface area contributed by atoms with Crippen molar-refractivity contribution in [3.63, 3.8) is 0 Å². The summed E-state index contributed by atoms with van der Waals surface area (Å²) in [6, 6.07) is 3.64. The maximum atomic E-state index is 11.9. The van der Waals surface area contributed by atoms with Crippen molar-refractivity contribution >= 4 is 28.7 Å². The molecule has 0 atom stereocenters. The number of carbonyl (C=O) groups excluding carboxylic acids is 1. The first kappa shape index (κ1) is 15.2. The van der Waals surface area contributed by atoms with E-state index in [9.17, 15) is 9.59 Å². The largest absolute Gasteiger partial charge is 0.363 e. The van der Waals surface area contributed by atoms with E-state index in [0.717, 1.165) is 22.8 Å². The second-order valence-electron chi connectivity index (χ2n) is 4.89. The van der Waals surface area contributed by atoms with Crippen molar-refractivity contribution in [3.8, 4) is 0 Å². The Morgan fingerprint density at radius 3 is 2.71 bits per heavy atom. The summed E-state index contributed by atoms with van der Waals surface area (Å²) in [7, 11) is 3.81. The molecule has 0 radical (unpaired) electrons. The van der Waals surface area contributed by atoms with Crippen molar-refractivity contribution < 1.29 is 4.79 Å². The van der Waals surface area contributed by atoms with Crippen LogP contribution in [0.5, 0.6) is 0 Å². The molecular weight excluding hydrogens is 288 g/mol. The second kappa shape index (κ2) is 6.53. The molecule has 2 heterocycles. The molecule has 2 rings (SSSR count). The minimum absolute atomic E-state index is 0.0303. The van der Waals surface area contributed by atoms with Crippen LogP contribution in [0.15, 0.2) is 28.5 Å². The third-order valence-corrected chi connectivity index (χ3v) is 3.91. The standard InChI is InChI=1S/C14H18N4O2S/c1-10-9-21-14(20)18(10)7-6-13(19)16-11-4-5-12(15-8-11)17(2)3/h4-5,8-9H,6-7H2,1-3H3,(H,16,19). The molecule has 0 aliphatic rings. The van der Waals surface area contributed by atoms with Crippen molar-refractivity contribution in [3.05, 3.63) is 39.1 Å². The number of amides is 1. The average Bonchev–Trinajstić information content (AvgIpc) is 2.76. The zero-order valence-corrected chi connectivity index (χ0v) is 13.1. The van der Waals surface area contributed by atoms with Gasteiger partial charge in [-0.2, -0.15) is 0 Å². The van der Waals surface area contributed by atoms with E-state index in [1.807, 2.05) is 38.1 Å². The predicted octanol–water partition coefficient (Wildman–Crippen LogP) is 1.71. The Balaban J connectivity index is 1.91. The lowest BCUT2D eigenvalue weighted by molar-refractivity contribution is -0.116. The summed E-state index contributed by atoms with van der Waals surface area (Å²) in [5.74, 6) is 0.695. The number of thiazole rings is 1. The van der Waals surface area contributed by atoms with E-state index in [4.69, 9.17) is 0 Å². The van der Waals surface area contributed by atoms with Gasteiger partial charge >= 0.3 is 4.87 Å². The zero-order chi connectivity index (χ0) is 15.4. The number of pyridine rings is 1. The Kier molecular flexibility index (Phi) is 4.74. The van der Waals surface area contributed by atoms with E-state index >= 15 is 0 Å². The summed E-state index contributed by atoms with van der Waals surface area (Å²) in [6.45, 7) is 2.25. The predicted molar refractivity (Wildman–Crippen MR) is 85.1 cm³/mol. The van der Waals surface area contributed by atoms with E-state index in [1.54, 1.807) is 16.1 Å². The lowest BCUT2D eigenvalue weighted by Gasteiger charge is -2.11. The Hall–Kier alpha value is -2.15. The number of hydrogen-bond donors (Lipinski definition) is 1. The van der Waals surface area contributed by atoms with E-state index in [0.29, 0.717) is 12.2 Å². The molecular formula is C14H18N4O2S. The fourth-order valence-corrected chi connectivity index (χ4v) is 2.60. The minimum atomic E-state index is -0.132. The highest BCUT2D eigenvalue weighted by Crippen LogP contribution is 2.12. The molecule has 2 aromatic heterocycles. The SMILES string of the molecule is Cc1csc(=O)n1CCC(=O)Nc1ccc(N(C)C)nc1. The van der Waals surface area contributed by atoms with Crippen molar-refractivity contribution in [1.29, 1.82) is 0 Å². The Labute approximate surface area is 127 Å². The number of nitrogens with zero attached hydrogens (tertiary/aromatic N) is 3. The summed E-state index contributed by atoms with van der Waals surface area (Å²) in [5.41, 5.74) is 1.54. The van der Waals surface area contributed by atoms with Gasteiger partial charge < -0.3 is 14.8 Å². The molecule has 112 valence electrons. The molecule has 0 aliphatic heterocycles. The van der Waals surface area contributed by atoms with Gasteiger partial charge in [-0.1, -0.05) is 11.3 Å². The maximum Gasteiger partial charge on any atom is 0.307 e. The van der Waals surface area contributed by atoms with Crippen LogP contribution >= 0.6 is 11.3 Å². The monoisotopic (exact) mass is 306 g/mol. The summed E-state index contributed by atoms with van der Waals surface area (Å²) >= 11 is 1.15. The van der Waals surface area contributed by atoms with Crippen molar-refractivity contribution in [1.82, 2.24) is 9.55 Å². The van der Waals surface area contributed by atoms with Gasteiger partial charge in [0.15, 0.2) is 0 Å². The molecule has 7 heteroatoms. The van der Waals surface area contributed by atoms with Gasteiger partial charge in [0.2, 0.25) is 5.91 Å². The Morgan fingerprint density at radius 2 is 2.19 bits per heavy atom. The third-order valence-electron chi connectivity index (χ3n) is 3.03. The summed E-state index contributed by atoms with van der Waals surface area (Å²) in [4.78, 5) is 29.5. The molecule has 1 N–H and O–H groups in total. The molecule has 6 nitrogen and oxygen atoms in total. The van der Waals surface area contributed by atoms with Crippen LogP contribution in [0.4, 0.5) is 11.5 Å². The van der Waals surface area contributed by atoms with Crippen molar-refractivity contribution in [2.24, 2.45) is 0 Å². The van der Waals surface area contributed by atoms with E-state index in [-0.39, 0.29) is 17.2 Å². The van der Waals surface area contributed by atoms with Gasteiger partial charge in [0.1, 0.15) is 5.82 Å². The molecule has 0 aliphatic carbocycles. The molecule has 2 aromatic rings. The van der Waals surface area contributed by atoms with Crippen molar-refractivity contribution in [2.75, 3.05) is 24.3 Å². The molecule has 0 saturated carbocycles. The molecule has 0 aromatic carbocycles. The first-order valence-corrected chi connectivity index (χ1v) is 7.43. The topological polar surface area (TPSA) is 67.2 Å². The second-order valence-corrected chi connectivity index (χ2v) is 5.71. The molecule has 0 saturated heterocycles. The number of anilines is 2. The molecule has 0 unspecified atom stereocenters. The molecule has 0 bridgehead atoms. The van der Waals surface area contributed by atoms with Crippen molar-refractivity contribution in [2.45, 2.75) is 19.9 Å². The third kappa shape index (κ3) is 3.91. The molecule has 1 amide bonds. The van der Waals surface area contributed by atoms with E-state index in [2.05, 4.69) is 10.3 Å². The lowest BCUT2D eigenvalue weighted by Crippen LogP contribution is -2.20. The fraction of sp³-hybridized carbons (Fsp3) is 0.357. The van der Waals surface area contributed by atoms with Crippen LogP contribution in [0.2, 0.25) is 0 Å². The van der Waals surface area contributed by atoms with Gasteiger partial charge in [0.05, 0.1) is 11.9 Å². The minimum Gasteiger partial charge on any atom is -0.363 e. The quantitative estimate of drug-likeness (QED) is 0.913. The van der Waals surface area contributed by atoms with Gasteiger partial charge in [-0.05, 0) is 19.1 Å². The van der Waals surface area contributed by atoms with Crippen LogP contribution in [0.3, 0.4) is 0 Å². The highest BCUT2D eigenvalue weighted by Gasteiger charge is 2.07. The van der Waals surface area contributed by atoms with Gasteiger partial charge in [-0.3, -0.25) is 9.59 Å². The number of aryl methyl sites for hydroxylation is 1. The molecule has 0 spiro atoms. The molecule has 21 heavy (non-hydrogen) atoms. The maximum absolute atomic E-state index is 11.9. The van der Waals surface area contributed by atoms with Crippen LogP contribution < -0.4 is 15.1 Å². The van der Waals surface area contributed by atoms with Crippen LogP contribution in [0.1, 0.15) is 12.1 Å². The Morgan fingerprint density at radius 1 is 1.43 bits per heavy atom. The fourth-order valence-electron chi connectivity index (χ4n) is 1.84. The van der Waals surface area contributed by atoms with Crippen LogP contribution in [0.25, 0.3) is 0 Å². The van der Waals surface area contributed by atoms with Gasteiger partial charge in [-0.15, -0.1) is 0 Å². The van der Waals surface area contributed by atoms with E-state index in [1.165, 1.54) is 0 Å². The first-order valence-electron chi connectivity index (χ1n) is 6.55. The molecule has 0 fully saturated rings. The average molecular weight is 306 g/mol. The van der Waals surface area contributed by atoms with Crippen LogP contribution in [0, 0.1) is 6.92 Å². The van der Waals surface area contributed by atoms with Gasteiger partial charge in [-0.25, -0.2) is 4.98 Å².